The van der Waals surface area contributed by atoms with Crippen molar-refractivity contribution in [2.45, 2.75) is 32.4 Å². The lowest BCUT2D eigenvalue weighted by molar-refractivity contribution is -0.137. The average Bonchev–Trinajstić information content (AvgIpc) is 2.51. The third kappa shape index (κ3) is 4.50. The number of pyridine rings is 1. The lowest BCUT2D eigenvalue weighted by Crippen LogP contribution is -2.43. The minimum Gasteiger partial charge on any atom is -0.356 e. The van der Waals surface area contributed by atoms with Crippen LogP contribution in [0.5, 0.6) is 0 Å². The van der Waals surface area contributed by atoms with Gasteiger partial charge in [-0.25, -0.2) is 4.98 Å². The molecular formula is C15H19ClF3N3O. The molecule has 1 aromatic rings. The highest BCUT2D eigenvalue weighted by Crippen LogP contribution is 2.34. The largest absolute Gasteiger partial charge is 0.417 e. The van der Waals surface area contributed by atoms with Gasteiger partial charge in [-0.15, -0.1) is 0 Å². The van der Waals surface area contributed by atoms with Gasteiger partial charge >= 0.3 is 6.18 Å². The van der Waals surface area contributed by atoms with Crippen molar-refractivity contribution in [3.63, 3.8) is 0 Å². The molecule has 0 bridgehead atoms. The van der Waals surface area contributed by atoms with E-state index in [0.717, 1.165) is 31.5 Å². The first-order valence-electron chi connectivity index (χ1n) is 7.58. The Kier molecular flexibility index (Phi) is 5.73. The lowest BCUT2D eigenvalue weighted by atomic mass is 9.97. The van der Waals surface area contributed by atoms with Crippen molar-refractivity contribution in [3.05, 3.63) is 22.8 Å². The van der Waals surface area contributed by atoms with Gasteiger partial charge in [-0.05, 0) is 25.3 Å². The number of carbonyl (C=O) groups excluding carboxylic acids is 1. The number of alkyl halides is 3. The summed E-state index contributed by atoms with van der Waals surface area (Å²) in [5.74, 6) is 0.0719. The summed E-state index contributed by atoms with van der Waals surface area (Å²) in [5.41, 5.74) is -0.875. The number of halogens is 4. The molecule has 23 heavy (non-hydrogen) atoms. The molecule has 1 N–H and O–H groups in total. The molecule has 2 rings (SSSR count). The molecule has 0 saturated carbocycles. The number of piperidine rings is 1. The van der Waals surface area contributed by atoms with Crippen molar-refractivity contribution >= 4 is 23.3 Å². The molecule has 4 nitrogen and oxygen atoms in total. The summed E-state index contributed by atoms with van der Waals surface area (Å²) in [6.07, 6.45) is -1.32. The van der Waals surface area contributed by atoms with Crippen LogP contribution in [0.4, 0.5) is 19.0 Å². The fourth-order valence-electron chi connectivity index (χ4n) is 2.59. The van der Waals surface area contributed by atoms with E-state index in [-0.39, 0.29) is 16.8 Å². The number of aromatic nitrogens is 1. The van der Waals surface area contributed by atoms with Crippen molar-refractivity contribution in [1.29, 1.82) is 0 Å². The summed E-state index contributed by atoms with van der Waals surface area (Å²) in [6, 6.07) is 0.880. The summed E-state index contributed by atoms with van der Waals surface area (Å²) in [7, 11) is 0. The highest BCUT2D eigenvalue weighted by atomic mass is 35.5. The molecule has 1 fully saturated rings. The van der Waals surface area contributed by atoms with Crippen LogP contribution >= 0.6 is 11.6 Å². The molecule has 1 aromatic heterocycles. The molecule has 1 atom stereocenters. The predicted molar refractivity (Wildman–Crippen MR) is 82.5 cm³/mol. The van der Waals surface area contributed by atoms with Gasteiger partial charge in [-0.1, -0.05) is 18.5 Å². The fraction of sp³-hybridized carbons (Fsp3) is 0.600. The quantitative estimate of drug-likeness (QED) is 0.905. The Labute approximate surface area is 138 Å². The van der Waals surface area contributed by atoms with Crippen LogP contribution in [0.2, 0.25) is 5.02 Å². The number of carbonyl (C=O) groups is 1. The molecule has 1 amide bonds. The van der Waals surface area contributed by atoms with Crippen molar-refractivity contribution in [2.75, 3.05) is 24.5 Å². The number of amides is 1. The van der Waals surface area contributed by atoms with Gasteiger partial charge in [0.25, 0.3) is 0 Å². The molecule has 0 aromatic carbocycles. The SMILES string of the molecule is CCCNC(=O)C1CCCN(c2ncc(C(F)(F)F)cc2Cl)C1. The molecule has 0 aliphatic carbocycles. The van der Waals surface area contributed by atoms with Crippen LogP contribution in [0.1, 0.15) is 31.7 Å². The van der Waals surface area contributed by atoms with Gasteiger partial charge < -0.3 is 10.2 Å². The van der Waals surface area contributed by atoms with Crippen molar-refractivity contribution in [2.24, 2.45) is 5.92 Å². The number of nitrogens with zero attached hydrogens (tertiary/aromatic N) is 2. The van der Waals surface area contributed by atoms with Crippen LogP contribution in [0.25, 0.3) is 0 Å². The summed E-state index contributed by atoms with van der Waals surface area (Å²) in [6.45, 7) is 3.62. The Morgan fingerprint density at radius 1 is 1.52 bits per heavy atom. The van der Waals surface area contributed by atoms with Gasteiger partial charge in [0.1, 0.15) is 5.82 Å². The van der Waals surface area contributed by atoms with E-state index in [9.17, 15) is 18.0 Å². The minimum atomic E-state index is -4.47. The molecule has 1 saturated heterocycles. The Bertz CT molecular complexity index is 565. The van der Waals surface area contributed by atoms with Crippen LogP contribution in [0.3, 0.4) is 0 Å². The van der Waals surface area contributed by atoms with E-state index in [0.29, 0.717) is 25.5 Å². The van der Waals surface area contributed by atoms with Crippen molar-refractivity contribution < 1.29 is 18.0 Å². The van der Waals surface area contributed by atoms with Crippen LogP contribution < -0.4 is 10.2 Å². The van der Waals surface area contributed by atoms with Gasteiger partial charge in [0.05, 0.1) is 16.5 Å². The Morgan fingerprint density at radius 3 is 2.87 bits per heavy atom. The van der Waals surface area contributed by atoms with E-state index >= 15 is 0 Å². The smallest absolute Gasteiger partial charge is 0.356 e. The van der Waals surface area contributed by atoms with Crippen molar-refractivity contribution in [1.82, 2.24) is 10.3 Å². The van der Waals surface area contributed by atoms with E-state index in [1.165, 1.54) is 0 Å². The van der Waals surface area contributed by atoms with Gasteiger partial charge in [0.15, 0.2) is 0 Å². The standard InChI is InChI=1S/C15H19ClF3N3O/c1-2-5-20-14(23)10-4-3-6-22(9-10)13-12(16)7-11(8-21-13)15(17,18)19/h7-8,10H,2-6,9H2,1H3,(H,20,23). The Balaban J connectivity index is 2.11. The maximum Gasteiger partial charge on any atom is 0.417 e. The molecule has 1 aliphatic heterocycles. The predicted octanol–water partition coefficient (Wildman–Crippen LogP) is 3.50. The third-order valence-electron chi connectivity index (χ3n) is 3.79. The van der Waals surface area contributed by atoms with Crippen LogP contribution in [-0.2, 0) is 11.0 Å². The van der Waals surface area contributed by atoms with Crippen molar-refractivity contribution in [3.8, 4) is 0 Å². The maximum atomic E-state index is 12.7. The number of hydrogen-bond acceptors (Lipinski definition) is 3. The van der Waals surface area contributed by atoms with Crippen LogP contribution in [0, 0.1) is 5.92 Å². The minimum absolute atomic E-state index is 0.0282. The van der Waals surface area contributed by atoms with E-state index in [2.05, 4.69) is 10.3 Å². The number of nitrogens with one attached hydrogen (secondary N) is 1. The average molecular weight is 350 g/mol. The highest BCUT2D eigenvalue weighted by Gasteiger charge is 2.33. The first kappa shape index (κ1) is 17.8. The van der Waals surface area contributed by atoms with Gasteiger partial charge in [0, 0.05) is 25.8 Å². The zero-order chi connectivity index (χ0) is 17.0. The zero-order valence-electron chi connectivity index (χ0n) is 12.8. The molecule has 8 heteroatoms. The highest BCUT2D eigenvalue weighted by molar-refractivity contribution is 6.33. The second-order valence-corrected chi connectivity index (χ2v) is 6.01. The van der Waals surface area contributed by atoms with Gasteiger partial charge in [-0.3, -0.25) is 4.79 Å². The number of hydrogen-bond donors (Lipinski definition) is 1. The van der Waals surface area contributed by atoms with Crippen LogP contribution in [-0.4, -0.2) is 30.5 Å². The molecule has 0 spiro atoms. The molecule has 1 unspecified atom stereocenters. The van der Waals surface area contributed by atoms with E-state index in [1.807, 2.05) is 6.92 Å². The lowest BCUT2D eigenvalue weighted by Gasteiger charge is -2.33. The molecule has 1 aliphatic rings. The summed E-state index contributed by atoms with van der Waals surface area (Å²) in [5, 5.41) is 2.80. The second-order valence-electron chi connectivity index (χ2n) is 5.60. The summed E-state index contributed by atoms with van der Waals surface area (Å²) >= 11 is 5.97. The zero-order valence-corrected chi connectivity index (χ0v) is 13.5. The van der Waals surface area contributed by atoms with Gasteiger partial charge in [-0.2, -0.15) is 13.2 Å². The number of rotatable bonds is 4. The summed E-state index contributed by atoms with van der Waals surface area (Å²) in [4.78, 5) is 17.7. The van der Waals surface area contributed by atoms with E-state index < -0.39 is 11.7 Å². The Morgan fingerprint density at radius 2 is 2.26 bits per heavy atom. The third-order valence-corrected chi connectivity index (χ3v) is 4.07. The first-order chi connectivity index (χ1) is 10.8. The summed E-state index contributed by atoms with van der Waals surface area (Å²) < 4.78 is 38.0. The molecule has 2 heterocycles. The molecular weight excluding hydrogens is 331 g/mol. The van der Waals surface area contributed by atoms with E-state index in [1.54, 1.807) is 4.90 Å². The first-order valence-corrected chi connectivity index (χ1v) is 7.96. The normalized spacial score (nSPS) is 18.8. The fourth-order valence-corrected chi connectivity index (χ4v) is 2.88. The second kappa shape index (κ2) is 7.38. The topological polar surface area (TPSA) is 45.2 Å². The van der Waals surface area contributed by atoms with Gasteiger partial charge in [0.2, 0.25) is 5.91 Å². The Hall–Kier alpha value is -1.50. The number of anilines is 1. The molecule has 128 valence electrons. The van der Waals surface area contributed by atoms with E-state index in [4.69, 9.17) is 11.6 Å². The monoisotopic (exact) mass is 349 g/mol. The van der Waals surface area contributed by atoms with Crippen LogP contribution in [0.15, 0.2) is 12.3 Å². The maximum absolute atomic E-state index is 12.7. The molecule has 0 radical (unpaired) electrons.